The zero-order valence-corrected chi connectivity index (χ0v) is 20.8. The van der Waals surface area contributed by atoms with Crippen LogP contribution in [0.4, 0.5) is 11.4 Å². The van der Waals surface area contributed by atoms with E-state index in [-0.39, 0.29) is 12.5 Å². The summed E-state index contributed by atoms with van der Waals surface area (Å²) in [5.74, 6) is -0.916. The first-order valence-electron chi connectivity index (χ1n) is 11.9. The zero-order chi connectivity index (χ0) is 26.5. The molecule has 9 nitrogen and oxygen atoms in total. The summed E-state index contributed by atoms with van der Waals surface area (Å²) < 4.78 is 11.1. The van der Waals surface area contributed by atoms with Crippen LogP contribution in [-0.2, 0) is 14.4 Å². The molecule has 0 bridgehead atoms. The van der Waals surface area contributed by atoms with Crippen LogP contribution in [0.1, 0.15) is 30.9 Å². The molecule has 0 aromatic heterocycles. The van der Waals surface area contributed by atoms with E-state index in [1.54, 1.807) is 48.5 Å². The van der Waals surface area contributed by atoms with E-state index in [4.69, 9.17) is 9.47 Å². The fraction of sp³-hybridized carbons (Fsp3) is 0.214. The van der Waals surface area contributed by atoms with Crippen molar-refractivity contribution in [3.8, 4) is 11.5 Å². The summed E-state index contributed by atoms with van der Waals surface area (Å²) in [6.45, 7) is 4.51. The fourth-order valence-corrected chi connectivity index (χ4v) is 3.04. The molecule has 0 saturated heterocycles. The van der Waals surface area contributed by atoms with Crippen LogP contribution in [0.5, 0.6) is 11.5 Å². The second-order valence-corrected chi connectivity index (χ2v) is 8.16. The van der Waals surface area contributed by atoms with Crippen molar-refractivity contribution in [1.29, 1.82) is 0 Å². The Morgan fingerprint density at radius 1 is 0.838 bits per heavy atom. The highest BCUT2D eigenvalue weighted by Crippen LogP contribution is 2.16. The summed E-state index contributed by atoms with van der Waals surface area (Å²) in [6, 6.07) is 21.0. The maximum atomic E-state index is 12.1. The second-order valence-electron chi connectivity index (χ2n) is 8.16. The molecule has 3 aromatic carbocycles. The second kappa shape index (κ2) is 14.0. The summed E-state index contributed by atoms with van der Waals surface area (Å²) in [4.78, 5) is 36.3. The van der Waals surface area contributed by atoms with E-state index in [9.17, 15) is 14.4 Å². The van der Waals surface area contributed by atoms with Gasteiger partial charge in [0.25, 0.3) is 5.91 Å². The predicted molar refractivity (Wildman–Crippen MR) is 143 cm³/mol. The summed E-state index contributed by atoms with van der Waals surface area (Å²) in [5.41, 5.74) is 5.04. The molecule has 0 spiro atoms. The quantitative estimate of drug-likeness (QED) is 0.157. The minimum Gasteiger partial charge on any atom is -0.494 e. The summed E-state index contributed by atoms with van der Waals surface area (Å²) >= 11 is 0. The van der Waals surface area contributed by atoms with Crippen molar-refractivity contribution in [3.63, 3.8) is 0 Å². The smallest absolute Gasteiger partial charge is 0.329 e. The van der Waals surface area contributed by atoms with E-state index in [1.807, 2.05) is 31.2 Å². The van der Waals surface area contributed by atoms with Crippen molar-refractivity contribution < 1.29 is 23.9 Å². The van der Waals surface area contributed by atoms with Crippen molar-refractivity contribution in [1.82, 2.24) is 5.43 Å². The number of anilines is 2. The van der Waals surface area contributed by atoms with Crippen molar-refractivity contribution in [3.05, 3.63) is 83.9 Å². The summed E-state index contributed by atoms with van der Waals surface area (Å²) in [5, 5.41) is 9.08. The molecule has 0 radical (unpaired) electrons. The minimum absolute atomic E-state index is 0.169. The van der Waals surface area contributed by atoms with Gasteiger partial charge in [-0.2, -0.15) is 5.10 Å². The van der Waals surface area contributed by atoms with Crippen LogP contribution >= 0.6 is 0 Å². The van der Waals surface area contributed by atoms with Gasteiger partial charge in [0, 0.05) is 11.4 Å². The molecule has 0 saturated carbocycles. The number of carbonyl (C=O) groups is 3. The van der Waals surface area contributed by atoms with Crippen LogP contribution in [0.15, 0.2) is 77.9 Å². The molecular weight excluding hydrogens is 472 g/mol. The number of unbranched alkanes of at least 4 members (excludes halogenated alkanes) is 1. The fourth-order valence-electron chi connectivity index (χ4n) is 3.04. The minimum atomic E-state index is -0.917. The maximum Gasteiger partial charge on any atom is 0.329 e. The molecule has 3 N–H and O–H groups in total. The number of carbonyl (C=O) groups excluding carboxylic acids is 3. The van der Waals surface area contributed by atoms with Gasteiger partial charge in [-0.15, -0.1) is 0 Å². The van der Waals surface area contributed by atoms with Crippen LogP contribution in [0.3, 0.4) is 0 Å². The molecule has 0 aliphatic carbocycles. The van der Waals surface area contributed by atoms with Crippen molar-refractivity contribution >= 4 is 35.3 Å². The third-order valence-corrected chi connectivity index (χ3v) is 5.03. The van der Waals surface area contributed by atoms with Crippen molar-refractivity contribution in [2.75, 3.05) is 23.8 Å². The van der Waals surface area contributed by atoms with Gasteiger partial charge < -0.3 is 20.1 Å². The van der Waals surface area contributed by atoms with Gasteiger partial charge in [0.15, 0.2) is 6.61 Å². The van der Waals surface area contributed by atoms with Crippen LogP contribution in [0.25, 0.3) is 0 Å². The highest BCUT2D eigenvalue weighted by atomic mass is 16.5. The highest BCUT2D eigenvalue weighted by Gasteiger charge is 2.13. The van der Waals surface area contributed by atoms with Gasteiger partial charge in [-0.05, 0) is 67.4 Å². The summed E-state index contributed by atoms with van der Waals surface area (Å²) in [6.07, 6.45) is 3.37. The first-order valence-corrected chi connectivity index (χ1v) is 11.9. The number of amides is 3. The third-order valence-electron chi connectivity index (χ3n) is 5.03. The van der Waals surface area contributed by atoms with E-state index in [0.29, 0.717) is 35.0 Å². The molecule has 0 aliphatic heterocycles. The van der Waals surface area contributed by atoms with Gasteiger partial charge in [0.1, 0.15) is 11.5 Å². The number of nitrogens with one attached hydrogen (secondary N) is 3. The number of hydrogen-bond acceptors (Lipinski definition) is 6. The molecule has 3 rings (SSSR count). The van der Waals surface area contributed by atoms with Gasteiger partial charge in [-0.1, -0.05) is 43.2 Å². The van der Waals surface area contributed by atoms with E-state index in [0.717, 1.165) is 18.4 Å². The molecule has 0 aliphatic rings. The van der Waals surface area contributed by atoms with E-state index >= 15 is 0 Å². The molecule has 192 valence electrons. The van der Waals surface area contributed by atoms with E-state index < -0.39 is 11.8 Å². The first-order chi connectivity index (χ1) is 17.9. The largest absolute Gasteiger partial charge is 0.494 e. The third kappa shape index (κ3) is 9.48. The molecule has 37 heavy (non-hydrogen) atoms. The number of hydrazone groups is 1. The lowest BCUT2D eigenvalue weighted by molar-refractivity contribution is -0.136. The lowest BCUT2D eigenvalue weighted by Crippen LogP contribution is -2.32. The van der Waals surface area contributed by atoms with E-state index in [2.05, 4.69) is 28.1 Å². The number of rotatable bonds is 11. The number of nitrogens with zero attached hydrogens (tertiary/aromatic N) is 1. The molecule has 0 heterocycles. The van der Waals surface area contributed by atoms with Crippen molar-refractivity contribution in [2.45, 2.75) is 26.7 Å². The molecule has 3 amide bonds. The van der Waals surface area contributed by atoms with Gasteiger partial charge in [0.05, 0.1) is 12.8 Å². The Hall–Kier alpha value is -4.66. The predicted octanol–water partition coefficient (Wildman–Crippen LogP) is 4.28. The van der Waals surface area contributed by atoms with Crippen molar-refractivity contribution in [2.24, 2.45) is 5.10 Å². The number of ether oxygens (including phenoxy) is 2. The van der Waals surface area contributed by atoms with Crippen LogP contribution in [0, 0.1) is 6.92 Å². The van der Waals surface area contributed by atoms with Gasteiger partial charge >= 0.3 is 11.8 Å². The maximum absolute atomic E-state index is 12.1. The van der Waals surface area contributed by atoms with Crippen LogP contribution in [0.2, 0.25) is 0 Å². The SMILES string of the molecule is CCCCOc1ccc(NC(=O)C(=O)N/N=C\c2cccc(OCC(=O)Nc3ccc(C)cc3)c2)cc1. The first kappa shape index (κ1) is 26.9. The average Bonchev–Trinajstić information content (AvgIpc) is 2.90. The van der Waals surface area contributed by atoms with Crippen LogP contribution in [-0.4, -0.2) is 37.1 Å². The average molecular weight is 503 g/mol. The standard InChI is InChI=1S/C28H30N4O5/c1-3-4-16-36-24-14-12-23(13-15-24)31-27(34)28(35)32-29-18-21-6-5-7-25(17-21)37-19-26(33)30-22-10-8-20(2)9-11-22/h5-15,17-18H,3-4,16,19H2,1-2H3,(H,30,33)(H,31,34)(H,32,35)/b29-18-. The Balaban J connectivity index is 1.43. The number of hydrogen-bond donors (Lipinski definition) is 3. The molecular formula is C28H30N4O5. The Bertz CT molecular complexity index is 1220. The van der Waals surface area contributed by atoms with Gasteiger partial charge in [-0.3, -0.25) is 14.4 Å². The molecule has 9 heteroatoms. The summed E-state index contributed by atoms with van der Waals surface area (Å²) in [7, 11) is 0. The lowest BCUT2D eigenvalue weighted by atomic mass is 10.2. The van der Waals surface area contributed by atoms with E-state index in [1.165, 1.54) is 6.21 Å². The molecule has 0 unspecified atom stereocenters. The molecule has 0 fully saturated rings. The molecule has 3 aromatic rings. The lowest BCUT2D eigenvalue weighted by Gasteiger charge is -2.08. The Morgan fingerprint density at radius 2 is 1.54 bits per heavy atom. The Labute approximate surface area is 215 Å². The highest BCUT2D eigenvalue weighted by molar-refractivity contribution is 6.39. The Kier molecular flexibility index (Phi) is 10.2. The zero-order valence-electron chi connectivity index (χ0n) is 20.8. The normalized spacial score (nSPS) is 10.5. The number of aryl methyl sites for hydroxylation is 1. The van der Waals surface area contributed by atoms with Crippen LogP contribution < -0.4 is 25.5 Å². The van der Waals surface area contributed by atoms with Gasteiger partial charge in [-0.25, -0.2) is 5.43 Å². The Morgan fingerprint density at radius 3 is 2.27 bits per heavy atom. The topological polar surface area (TPSA) is 118 Å². The number of benzene rings is 3. The van der Waals surface area contributed by atoms with Gasteiger partial charge in [0.2, 0.25) is 0 Å². The molecule has 0 atom stereocenters. The monoisotopic (exact) mass is 502 g/mol.